The monoisotopic (exact) mass is 432 g/mol. The predicted molar refractivity (Wildman–Crippen MR) is 105 cm³/mol. The number of nitrogens with two attached hydrogens (primary N) is 1. The van der Waals surface area contributed by atoms with Gasteiger partial charge < -0.3 is 5.73 Å². The van der Waals surface area contributed by atoms with E-state index in [1.54, 1.807) is 12.1 Å². The second-order valence-electron chi connectivity index (χ2n) is 8.94. The lowest BCUT2D eigenvalue weighted by Gasteiger charge is -2.75. The highest BCUT2D eigenvalue weighted by atomic mass is 19.1. The molecule has 31 heavy (non-hydrogen) atoms. The number of carbonyl (C=O) groups is 1. The van der Waals surface area contributed by atoms with Gasteiger partial charge >= 0.3 is 0 Å². The van der Waals surface area contributed by atoms with E-state index in [4.69, 9.17) is 10.6 Å². The molecule has 1 aromatic heterocycles. The van der Waals surface area contributed by atoms with Crippen molar-refractivity contribution in [2.75, 3.05) is 13.1 Å². The Morgan fingerprint density at radius 2 is 2.03 bits per heavy atom. The first kappa shape index (κ1) is 20.4. The molecule has 3 saturated carbocycles. The van der Waals surface area contributed by atoms with E-state index < -0.39 is 40.8 Å². The molecule has 2 bridgehead atoms. The van der Waals surface area contributed by atoms with Crippen LogP contribution in [0.5, 0.6) is 0 Å². The number of hydrogen-bond acceptors (Lipinski definition) is 5. The molecule has 6 rings (SSSR count). The Kier molecular flexibility index (Phi) is 4.80. The van der Waals surface area contributed by atoms with Crippen molar-refractivity contribution in [3.63, 3.8) is 0 Å². The maximum absolute atomic E-state index is 15.3. The van der Waals surface area contributed by atoms with E-state index in [9.17, 15) is 13.6 Å². The van der Waals surface area contributed by atoms with Crippen LogP contribution in [0.25, 0.3) is 0 Å². The molecule has 1 amide bonds. The van der Waals surface area contributed by atoms with E-state index in [1.807, 2.05) is 4.90 Å². The molecule has 4 fully saturated rings. The van der Waals surface area contributed by atoms with Crippen molar-refractivity contribution < 1.29 is 22.8 Å². The van der Waals surface area contributed by atoms with Gasteiger partial charge in [-0.25, -0.2) is 18.7 Å². The molecule has 2 heterocycles. The van der Waals surface area contributed by atoms with Crippen LogP contribution in [0.3, 0.4) is 0 Å². The minimum atomic E-state index is -1.37. The largest absolute Gasteiger partial charge is 0.326 e. The molecule has 1 aromatic carbocycles. The van der Waals surface area contributed by atoms with Crippen LogP contribution in [0.15, 0.2) is 42.7 Å². The normalized spacial score (nSPS) is 32.8. The molecule has 4 aliphatic rings. The zero-order valence-electron chi connectivity index (χ0n) is 16.7. The van der Waals surface area contributed by atoms with Crippen LogP contribution in [0.4, 0.5) is 13.2 Å². The number of carbonyl (C=O) groups excluding carboxylic acids is 1. The van der Waals surface area contributed by atoms with Crippen molar-refractivity contribution >= 4 is 5.91 Å². The summed E-state index contributed by atoms with van der Waals surface area (Å²) in [7, 11) is 0. The fraction of sp³-hybridized carbons (Fsp3) is 0.455. The first-order valence-corrected chi connectivity index (χ1v) is 10.3. The van der Waals surface area contributed by atoms with Crippen LogP contribution in [-0.4, -0.2) is 46.6 Å². The highest BCUT2D eigenvalue weighted by Crippen LogP contribution is 2.76. The van der Waals surface area contributed by atoms with Crippen LogP contribution >= 0.6 is 0 Å². The van der Waals surface area contributed by atoms with Gasteiger partial charge in [0.2, 0.25) is 0 Å². The Labute approximate surface area is 177 Å². The maximum Gasteiger partial charge on any atom is 0.276 e. The Hall–Kier alpha value is -2.49. The van der Waals surface area contributed by atoms with E-state index in [-0.39, 0.29) is 30.0 Å². The third kappa shape index (κ3) is 3.31. The third-order valence-electron chi connectivity index (χ3n) is 6.80. The molecule has 9 heteroatoms. The molecule has 0 spiro atoms. The quantitative estimate of drug-likeness (QED) is 0.686. The number of pyridine rings is 1. The zero-order valence-corrected chi connectivity index (χ0v) is 16.7. The fourth-order valence-corrected chi connectivity index (χ4v) is 5.66. The van der Waals surface area contributed by atoms with Gasteiger partial charge in [0, 0.05) is 43.0 Å². The van der Waals surface area contributed by atoms with Gasteiger partial charge in [0.05, 0.1) is 11.6 Å². The van der Waals surface area contributed by atoms with E-state index in [2.05, 4.69) is 10.5 Å². The Balaban J connectivity index is 1.44. The Morgan fingerprint density at radius 1 is 1.29 bits per heavy atom. The van der Waals surface area contributed by atoms with Crippen molar-refractivity contribution in [2.24, 2.45) is 11.1 Å². The molecule has 6 nitrogen and oxygen atoms in total. The summed E-state index contributed by atoms with van der Waals surface area (Å²) in [5, 5.41) is 0. The lowest BCUT2D eigenvalue weighted by molar-refractivity contribution is -0.331. The number of hydrogen-bond donors (Lipinski definition) is 2. The van der Waals surface area contributed by atoms with Crippen LogP contribution in [0, 0.1) is 17.0 Å². The van der Waals surface area contributed by atoms with Gasteiger partial charge in [-0.2, -0.15) is 0 Å². The van der Waals surface area contributed by atoms with Gasteiger partial charge in [0.1, 0.15) is 23.4 Å². The van der Waals surface area contributed by atoms with E-state index in [0.29, 0.717) is 13.1 Å². The van der Waals surface area contributed by atoms with Crippen molar-refractivity contribution in [1.29, 1.82) is 0 Å². The summed E-state index contributed by atoms with van der Waals surface area (Å²) >= 11 is 0. The van der Waals surface area contributed by atoms with E-state index >= 15 is 4.39 Å². The van der Waals surface area contributed by atoms with Gasteiger partial charge in [-0.1, -0.05) is 0 Å². The molecule has 2 unspecified atom stereocenters. The number of nitrogens with zero attached hydrogens (tertiary/aromatic N) is 2. The number of hydroxylamine groups is 1. The highest BCUT2D eigenvalue weighted by Gasteiger charge is 2.81. The second-order valence-corrected chi connectivity index (χ2v) is 8.94. The molecule has 1 saturated heterocycles. The molecular weight excluding hydrogens is 409 g/mol. The van der Waals surface area contributed by atoms with Crippen LogP contribution in [0.2, 0.25) is 0 Å². The number of nitrogens with one attached hydrogen (secondary N) is 1. The summed E-state index contributed by atoms with van der Waals surface area (Å²) in [6.45, 7) is 1.22. The van der Waals surface area contributed by atoms with Crippen LogP contribution in [0.1, 0.15) is 41.3 Å². The number of alkyl halides is 1. The predicted octanol–water partition coefficient (Wildman–Crippen LogP) is 2.67. The number of benzene rings is 1. The Morgan fingerprint density at radius 3 is 2.61 bits per heavy atom. The molecular formula is C22H23F3N4O2. The number of likely N-dealkylation sites (tertiary alicyclic amines) is 1. The summed E-state index contributed by atoms with van der Waals surface area (Å²) in [4.78, 5) is 24.2. The summed E-state index contributed by atoms with van der Waals surface area (Å²) in [5.41, 5.74) is 6.81. The SMILES string of the molecule is N[C@H]1CCN(C2C3(F)CC2(C(ONC(=O)c2cccnc2)c2cc(F)cc(F)c2)C3)C1. The van der Waals surface area contributed by atoms with Gasteiger partial charge in [0.15, 0.2) is 0 Å². The highest BCUT2D eigenvalue weighted by molar-refractivity contribution is 5.93. The third-order valence-corrected chi connectivity index (χ3v) is 6.80. The molecule has 164 valence electrons. The van der Waals surface area contributed by atoms with Crippen molar-refractivity contribution in [3.8, 4) is 0 Å². The average molecular weight is 432 g/mol. The molecule has 3 atom stereocenters. The molecule has 2 aromatic rings. The smallest absolute Gasteiger partial charge is 0.276 e. The van der Waals surface area contributed by atoms with Gasteiger partial charge in [0.25, 0.3) is 5.91 Å². The van der Waals surface area contributed by atoms with Crippen LogP contribution < -0.4 is 11.2 Å². The average Bonchev–Trinajstić information content (AvgIpc) is 3.10. The first-order chi connectivity index (χ1) is 14.8. The van der Waals surface area contributed by atoms with E-state index in [1.165, 1.54) is 24.5 Å². The second kappa shape index (κ2) is 7.29. The van der Waals surface area contributed by atoms with Crippen LogP contribution in [-0.2, 0) is 4.84 Å². The number of rotatable bonds is 6. The molecule has 3 aliphatic carbocycles. The minimum absolute atomic E-state index is 0.0306. The van der Waals surface area contributed by atoms with Crippen molar-refractivity contribution in [2.45, 2.75) is 43.1 Å². The standard InChI is InChI=1S/C22H23F3N4O2/c23-15-6-14(7-16(24)8-15)18(31-28-19(30)13-2-1-4-27-9-13)21-11-22(25,12-21)20(21)29-5-3-17(26)10-29/h1-2,4,6-9,17-18,20H,3,5,10-12,26H2,(H,28,30)/t17-,18?,20?,21?,22?/m0/s1. The lowest BCUT2D eigenvalue weighted by Crippen LogP contribution is -2.83. The number of halogens is 3. The van der Waals surface area contributed by atoms with Crippen molar-refractivity contribution in [1.82, 2.24) is 15.4 Å². The fourth-order valence-electron chi connectivity index (χ4n) is 5.66. The lowest BCUT2D eigenvalue weighted by atomic mass is 9.36. The molecule has 0 radical (unpaired) electrons. The topological polar surface area (TPSA) is 80.5 Å². The number of amides is 1. The summed E-state index contributed by atoms with van der Waals surface area (Å²) < 4.78 is 43.3. The summed E-state index contributed by atoms with van der Waals surface area (Å²) in [6.07, 6.45) is 3.15. The molecule has 1 aliphatic heterocycles. The minimum Gasteiger partial charge on any atom is -0.326 e. The van der Waals surface area contributed by atoms with Gasteiger partial charge in [-0.3, -0.25) is 19.5 Å². The van der Waals surface area contributed by atoms with Gasteiger partial charge in [-0.15, -0.1) is 0 Å². The zero-order chi connectivity index (χ0) is 21.8. The maximum atomic E-state index is 15.3. The summed E-state index contributed by atoms with van der Waals surface area (Å²) in [6, 6.07) is 5.77. The van der Waals surface area contributed by atoms with Crippen molar-refractivity contribution in [3.05, 3.63) is 65.5 Å². The van der Waals surface area contributed by atoms with Gasteiger partial charge in [-0.05, 0) is 49.1 Å². The first-order valence-electron chi connectivity index (χ1n) is 10.3. The Bertz CT molecular complexity index is 979. The molecule has 3 N–H and O–H groups in total. The van der Waals surface area contributed by atoms with E-state index in [0.717, 1.165) is 12.5 Å². The summed E-state index contributed by atoms with van der Waals surface area (Å²) in [5.74, 6) is -2.07. The number of aromatic nitrogens is 1.